The number of ketones is 1. The number of aromatic nitrogens is 2. The zero-order valence-corrected chi connectivity index (χ0v) is 20.2. The maximum Gasteiger partial charge on any atom is 0.408 e. The van der Waals surface area contributed by atoms with E-state index in [1.165, 1.54) is 10.7 Å². The van der Waals surface area contributed by atoms with Gasteiger partial charge in [-0.25, -0.2) is 9.18 Å². The molecule has 0 spiro atoms. The summed E-state index contributed by atoms with van der Waals surface area (Å²) in [5.41, 5.74) is -1.84. The Morgan fingerprint density at radius 3 is 2.41 bits per heavy atom. The highest BCUT2D eigenvalue weighted by atomic mass is 19.1. The van der Waals surface area contributed by atoms with Crippen molar-refractivity contribution in [3.63, 3.8) is 0 Å². The Hall–Kier alpha value is -2.98. The summed E-state index contributed by atoms with van der Waals surface area (Å²) in [7, 11) is 1.65. The van der Waals surface area contributed by atoms with Gasteiger partial charge >= 0.3 is 6.09 Å². The van der Waals surface area contributed by atoms with Gasteiger partial charge in [0.2, 0.25) is 11.7 Å². The van der Waals surface area contributed by atoms with Crippen LogP contribution < -0.4 is 16.0 Å². The molecule has 188 valence electrons. The van der Waals surface area contributed by atoms with E-state index in [4.69, 9.17) is 4.74 Å². The number of rotatable bonds is 9. The lowest BCUT2D eigenvalue weighted by Gasteiger charge is -2.43. The van der Waals surface area contributed by atoms with Crippen LogP contribution >= 0.6 is 0 Å². The van der Waals surface area contributed by atoms with Crippen molar-refractivity contribution in [1.29, 1.82) is 0 Å². The molecule has 0 bridgehead atoms. The van der Waals surface area contributed by atoms with Crippen molar-refractivity contribution < 1.29 is 28.3 Å². The van der Waals surface area contributed by atoms with E-state index in [0.29, 0.717) is 6.42 Å². The lowest BCUT2D eigenvalue weighted by molar-refractivity contribution is -0.146. The number of alkyl halides is 1. The molecule has 3 N–H and O–H groups in total. The fourth-order valence-electron chi connectivity index (χ4n) is 4.76. The highest BCUT2D eigenvalue weighted by Crippen LogP contribution is 2.42. The molecule has 0 aromatic carbocycles. The maximum absolute atomic E-state index is 13.9. The van der Waals surface area contributed by atoms with Crippen LogP contribution in [-0.4, -0.2) is 57.3 Å². The van der Waals surface area contributed by atoms with Crippen LogP contribution in [0, 0.1) is 5.41 Å². The van der Waals surface area contributed by atoms with E-state index in [1.807, 2.05) is 0 Å². The third-order valence-corrected chi connectivity index (χ3v) is 6.56. The van der Waals surface area contributed by atoms with Gasteiger partial charge in [-0.15, -0.1) is 0 Å². The summed E-state index contributed by atoms with van der Waals surface area (Å²) in [5, 5.41) is 11.6. The molecule has 1 aromatic heterocycles. The first kappa shape index (κ1) is 25.6. The van der Waals surface area contributed by atoms with Crippen molar-refractivity contribution in [2.24, 2.45) is 12.5 Å². The summed E-state index contributed by atoms with van der Waals surface area (Å²) in [4.78, 5) is 51.1. The first-order valence-electron chi connectivity index (χ1n) is 11.7. The van der Waals surface area contributed by atoms with E-state index in [0.717, 1.165) is 25.7 Å². The fraction of sp³-hybridized carbons (Fsp3) is 0.696. The van der Waals surface area contributed by atoms with Crippen LogP contribution in [-0.2, 0) is 26.2 Å². The van der Waals surface area contributed by atoms with Gasteiger partial charge in [0.1, 0.15) is 17.8 Å². The summed E-state index contributed by atoms with van der Waals surface area (Å²) in [6.45, 7) is 5.44. The molecule has 2 fully saturated rings. The van der Waals surface area contributed by atoms with Crippen LogP contribution in [0.15, 0.2) is 12.3 Å². The number of carbonyl (C=O) groups is 4. The average Bonchev–Trinajstić information content (AvgIpc) is 3.32. The Morgan fingerprint density at radius 1 is 1.24 bits per heavy atom. The normalized spacial score (nSPS) is 24.1. The van der Waals surface area contributed by atoms with Crippen LogP contribution in [0.1, 0.15) is 65.7 Å². The topological polar surface area (TPSA) is 131 Å². The van der Waals surface area contributed by atoms with Crippen molar-refractivity contribution >= 4 is 29.5 Å². The standard InChI is InChI=1S/C23H34FN5O5/c1-14(2)34-21(33)25-16(13-22(3)8-5-6-9-22)19(31)27-23(11-15(24)12-23)18(30)20(32)26-17-7-10-29(4)28-17/h7,10,14-16H,5-6,8-9,11-13H2,1-4H3,(H,25,33)(H,27,31)(H,26,28,32)/t15?,16-,23?/m0/s1. The second-order valence-electron chi connectivity index (χ2n) is 10.1. The molecule has 1 atom stereocenters. The van der Waals surface area contributed by atoms with Crippen molar-refractivity contribution in [1.82, 2.24) is 20.4 Å². The second-order valence-corrected chi connectivity index (χ2v) is 10.1. The van der Waals surface area contributed by atoms with Crippen molar-refractivity contribution in [3.05, 3.63) is 12.3 Å². The maximum atomic E-state index is 13.9. The van der Waals surface area contributed by atoms with E-state index in [1.54, 1.807) is 27.1 Å². The summed E-state index contributed by atoms with van der Waals surface area (Å²) in [6, 6.07) is 0.522. The second kappa shape index (κ2) is 10.1. The van der Waals surface area contributed by atoms with E-state index in [-0.39, 0.29) is 30.2 Å². The van der Waals surface area contributed by atoms with Crippen molar-refractivity contribution in [2.45, 2.75) is 89.6 Å². The minimum absolute atomic E-state index is 0.164. The summed E-state index contributed by atoms with van der Waals surface area (Å²) in [6.07, 6.45) is 2.72. The zero-order valence-electron chi connectivity index (χ0n) is 20.2. The number of Topliss-reactive ketones (excluding diaryl/α,β-unsaturated/α-hetero) is 1. The third kappa shape index (κ3) is 6.12. The number of amides is 3. The largest absolute Gasteiger partial charge is 0.447 e. The number of ether oxygens (including phenoxy) is 1. The van der Waals surface area contributed by atoms with Crippen LogP contribution in [0.2, 0.25) is 0 Å². The van der Waals surface area contributed by atoms with E-state index >= 15 is 0 Å². The molecule has 2 saturated carbocycles. The smallest absolute Gasteiger partial charge is 0.408 e. The van der Waals surface area contributed by atoms with Gasteiger partial charge in [0.25, 0.3) is 5.91 Å². The minimum Gasteiger partial charge on any atom is -0.447 e. The average molecular weight is 480 g/mol. The lowest BCUT2D eigenvalue weighted by Crippen LogP contribution is -2.68. The predicted octanol–water partition coefficient (Wildman–Crippen LogP) is 2.39. The highest BCUT2D eigenvalue weighted by molar-refractivity contribution is 6.44. The van der Waals surface area contributed by atoms with E-state index in [9.17, 15) is 23.6 Å². The quantitative estimate of drug-likeness (QED) is 0.466. The summed E-state index contributed by atoms with van der Waals surface area (Å²) >= 11 is 0. The van der Waals surface area contributed by atoms with Gasteiger partial charge < -0.3 is 20.7 Å². The van der Waals surface area contributed by atoms with Crippen LogP contribution in [0.4, 0.5) is 15.0 Å². The number of hydrogen-bond acceptors (Lipinski definition) is 6. The zero-order chi connectivity index (χ0) is 25.1. The molecule has 2 aliphatic rings. The summed E-state index contributed by atoms with van der Waals surface area (Å²) < 4.78 is 20.5. The first-order chi connectivity index (χ1) is 15.9. The van der Waals surface area contributed by atoms with Crippen LogP contribution in [0.3, 0.4) is 0 Å². The number of aryl methyl sites for hydroxylation is 1. The molecule has 0 radical (unpaired) electrons. The molecular weight excluding hydrogens is 445 g/mol. The van der Waals surface area contributed by atoms with Crippen molar-refractivity contribution in [2.75, 3.05) is 5.32 Å². The Bertz CT molecular complexity index is 934. The van der Waals surface area contributed by atoms with Gasteiger partial charge in [0.05, 0.1) is 6.10 Å². The molecule has 1 heterocycles. The molecule has 3 rings (SSSR count). The van der Waals surface area contributed by atoms with Gasteiger partial charge in [-0.05, 0) is 38.5 Å². The molecule has 11 heteroatoms. The van der Waals surface area contributed by atoms with Gasteiger partial charge in [0, 0.05) is 32.2 Å². The Kier molecular flexibility index (Phi) is 7.62. The first-order valence-corrected chi connectivity index (χ1v) is 11.7. The van der Waals surface area contributed by atoms with E-state index in [2.05, 4.69) is 28.0 Å². The Balaban J connectivity index is 1.74. The summed E-state index contributed by atoms with van der Waals surface area (Å²) in [5.74, 6) is -2.41. The molecule has 0 saturated heterocycles. The SMILES string of the molecule is CC(C)OC(=O)N[C@@H](CC1(C)CCCC1)C(=O)NC1(C(=O)C(=O)Nc2ccn(C)n2)CC(F)C1. The predicted molar refractivity (Wildman–Crippen MR) is 122 cm³/mol. The molecule has 34 heavy (non-hydrogen) atoms. The van der Waals surface area contributed by atoms with Crippen LogP contribution in [0.5, 0.6) is 0 Å². The number of alkyl carbamates (subject to hydrolysis) is 1. The molecule has 0 unspecified atom stereocenters. The third-order valence-electron chi connectivity index (χ3n) is 6.56. The van der Waals surface area contributed by atoms with Gasteiger partial charge in [-0.2, -0.15) is 5.10 Å². The lowest BCUT2D eigenvalue weighted by atomic mass is 9.71. The molecule has 10 nitrogen and oxygen atoms in total. The minimum atomic E-state index is -1.67. The van der Waals surface area contributed by atoms with E-state index < -0.39 is 41.4 Å². The Labute approximate surface area is 198 Å². The van der Waals surface area contributed by atoms with Crippen molar-refractivity contribution in [3.8, 4) is 0 Å². The molecular formula is C23H34FN5O5. The van der Waals surface area contributed by atoms with Crippen LogP contribution in [0.25, 0.3) is 0 Å². The molecule has 0 aliphatic heterocycles. The fourth-order valence-corrected chi connectivity index (χ4v) is 4.76. The monoisotopic (exact) mass is 479 g/mol. The van der Waals surface area contributed by atoms with Gasteiger partial charge in [0.15, 0.2) is 5.82 Å². The van der Waals surface area contributed by atoms with Gasteiger partial charge in [-0.3, -0.25) is 19.1 Å². The molecule has 3 amide bonds. The number of nitrogens with zero attached hydrogens (tertiary/aromatic N) is 2. The number of carbonyl (C=O) groups excluding carboxylic acids is 4. The number of halogens is 1. The number of hydrogen-bond donors (Lipinski definition) is 3. The number of nitrogens with one attached hydrogen (secondary N) is 3. The molecule has 1 aromatic rings. The molecule has 2 aliphatic carbocycles. The Morgan fingerprint density at radius 2 is 1.88 bits per heavy atom. The van der Waals surface area contributed by atoms with Gasteiger partial charge in [-0.1, -0.05) is 19.8 Å². The highest BCUT2D eigenvalue weighted by Gasteiger charge is 2.54. The number of anilines is 1.